The molecule has 5 nitrogen and oxygen atoms in total. The third kappa shape index (κ3) is 4.74. The van der Waals surface area contributed by atoms with Crippen LogP contribution in [0.1, 0.15) is 26.3 Å². The first-order chi connectivity index (χ1) is 13.0. The Labute approximate surface area is 165 Å². The molecule has 27 heavy (non-hydrogen) atoms. The minimum atomic E-state index is -0.515. The number of benzene rings is 3. The molecular formula is C21H17BrN2O3. The second kappa shape index (κ2) is 8.51. The summed E-state index contributed by atoms with van der Waals surface area (Å²) < 4.78 is 6.81. The van der Waals surface area contributed by atoms with Crippen molar-refractivity contribution in [1.29, 1.82) is 0 Å². The van der Waals surface area contributed by atoms with E-state index in [1.165, 1.54) is 0 Å². The highest BCUT2D eigenvalue weighted by Gasteiger charge is 2.13. The van der Waals surface area contributed by atoms with E-state index in [2.05, 4.69) is 21.2 Å². The Hall–Kier alpha value is -3.12. The number of rotatable bonds is 6. The van der Waals surface area contributed by atoms with Crippen LogP contribution in [0.15, 0.2) is 77.3 Å². The van der Waals surface area contributed by atoms with Crippen LogP contribution in [-0.4, -0.2) is 11.8 Å². The van der Waals surface area contributed by atoms with Crippen LogP contribution in [-0.2, 0) is 6.61 Å². The fourth-order valence-electron chi connectivity index (χ4n) is 2.47. The zero-order valence-corrected chi connectivity index (χ0v) is 15.9. The number of carbonyl (C=O) groups excluding carboxylic acids is 2. The van der Waals surface area contributed by atoms with Crippen LogP contribution in [0.2, 0.25) is 0 Å². The summed E-state index contributed by atoms with van der Waals surface area (Å²) in [6.07, 6.45) is 0. The SMILES string of the molecule is NC(=O)c1ccc(NC(=O)c2ccccc2OCc2ccccc2Br)cc1. The number of anilines is 1. The third-order valence-electron chi connectivity index (χ3n) is 3.90. The van der Waals surface area contributed by atoms with E-state index in [1.807, 2.05) is 30.3 Å². The van der Waals surface area contributed by atoms with E-state index >= 15 is 0 Å². The van der Waals surface area contributed by atoms with E-state index in [-0.39, 0.29) is 5.91 Å². The van der Waals surface area contributed by atoms with Crippen LogP contribution in [0.5, 0.6) is 5.75 Å². The molecule has 0 saturated heterocycles. The number of halogens is 1. The molecule has 0 saturated carbocycles. The number of nitrogens with one attached hydrogen (secondary N) is 1. The van der Waals surface area contributed by atoms with Gasteiger partial charge in [0.25, 0.3) is 5.91 Å². The van der Waals surface area contributed by atoms with Crippen molar-refractivity contribution in [1.82, 2.24) is 0 Å². The van der Waals surface area contributed by atoms with Crippen LogP contribution in [0, 0.1) is 0 Å². The maximum Gasteiger partial charge on any atom is 0.259 e. The standard InChI is InChI=1S/C21H17BrN2O3/c22-18-7-3-1-5-15(18)13-27-19-8-4-2-6-17(19)21(26)24-16-11-9-14(10-12-16)20(23)25/h1-12H,13H2,(H2,23,25)(H,24,26). The molecule has 0 aromatic heterocycles. The molecule has 0 atom stereocenters. The molecule has 0 fully saturated rings. The first kappa shape index (κ1) is 18.7. The molecule has 0 aliphatic carbocycles. The Morgan fingerprint density at radius 1 is 0.926 bits per heavy atom. The van der Waals surface area contributed by atoms with Gasteiger partial charge in [-0.3, -0.25) is 9.59 Å². The molecule has 0 aliphatic rings. The molecule has 3 rings (SSSR count). The van der Waals surface area contributed by atoms with Crippen LogP contribution < -0.4 is 15.8 Å². The number of primary amides is 1. The van der Waals surface area contributed by atoms with Crippen molar-refractivity contribution in [3.05, 3.63) is 94.0 Å². The van der Waals surface area contributed by atoms with Gasteiger partial charge in [-0.1, -0.05) is 46.3 Å². The monoisotopic (exact) mass is 424 g/mol. The molecule has 0 unspecified atom stereocenters. The molecule has 2 amide bonds. The van der Waals surface area contributed by atoms with E-state index < -0.39 is 5.91 Å². The Kier molecular flexibility index (Phi) is 5.88. The summed E-state index contributed by atoms with van der Waals surface area (Å²) >= 11 is 3.49. The number of nitrogens with two attached hydrogens (primary N) is 1. The van der Waals surface area contributed by atoms with Gasteiger partial charge < -0.3 is 15.8 Å². The predicted molar refractivity (Wildman–Crippen MR) is 108 cm³/mol. The van der Waals surface area contributed by atoms with Crippen LogP contribution in [0.4, 0.5) is 5.69 Å². The normalized spacial score (nSPS) is 10.3. The zero-order valence-electron chi connectivity index (χ0n) is 14.3. The third-order valence-corrected chi connectivity index (χ3v) is 4.67. The molecule has 0 spiro atoms. The average Bonchev–Trinajstić information content (AvgIpc) is 2.68. The van der Waals surface area contributed by atoms with E-state index in [4.69, 9.17) is 10.5 Å². The van der Waals surface area contributed by atoms with Gasteiger partial charge >= 0.3 is 0 Å². The number of para-hydroxylation sites is 1. The Bertz CT molecular complexity index is 971. The van der Waals surface area contributed by atoms with Gasteiger partial charge in [-0.2, -0.15) is 0 Å². The van der Waals surface area contributed by atoms with Gasteiger partial charge in [-0.15, -0.1) is 0 Å². The van der Waals surface area contributed by atoms with Crippen molar-refractivity contribution in [2.45, 2.75) is 6.61 Å². The molecule has 0 radical (unpaired) electrons. The van der Waals surface area contributed by atoms with Crippen LogP contribution >= 0.6 is 15.9 Å². The molecule has 3 N–H and O–H groups in total. The van der Waals surface area contributed by atoms with E-state index in [9.17, 15) is 9.59 Å². The first-order valence-electron chi connectivity index (χ1n) is 8.21. The number of hydrogen-bond acceptors (Lipinski definition) is 3. The van der Waals surface area contributed by atoms with Gasteiger partial charge in [-0.05, 0) is 42.5 Å². The molecular weight excluding hydrogens is 408 g/mol. The van der Waals surface area contributed by atoms with Crippen molar-refractivity contribution in [2.24, 2.45) is 5.73 Å². The predicted octanol–water partition coefficient (Wildman–Crippen LogP) is 4.38. The van der Waals surface area contributed by atoms with Crippen molar-refractivity contribution >= 4 is 33.4 Å². The fourth-order valence-corrected chi connectivity index (χ4v) is 2.87. The Morgan fingerprint density at radius 3 is 2.30 bits per heavy atom. The van der Waals surface area contributed by atoms with Gasteiger partial charge in [-0.25, -0.2) is 0 Å². The number of ether oxygens (including phenoxy) is 1. The van der Waals surface area contributed by atoms with Gasteiger partial charge in [0.05, 0.1) is 5.56 Å². The summed E-state index contributed by atoms with van der Waals surface area (Å²) in [7, 11) is 0. The molecule has 3 aromatic carbocycles. The summed E-state index contributed by atoms with van der Waals surface area (Å²) in [6, 6.07) is 21.2. The lowest BCUT2D eigenvalue weighted by atomic mass is 10.1. The summed E-state index contributed by atoms with van der Waals surface area (Å²) in [5.74, 6) is -0.331. The number of carbonyl (C=O) groups is 2. The van der Waals surface area contributed by atoms with E-state index in [1.54, 1.807) is 42.5 Å². The minimum absolute atomic E-state index is 0.301. The van der Waals surface area contributed by atoms with Crippen molar-refractivity contribution < 1.29 is 14.3 Å². The highest BCUT2D eigenvalue weighted by Crippen LogP contribution is 2.23. The molecule has 3 aromatic rings. The summed E-state index contributed by atoms with van der Waals surface area (Å²) in [5.41, 5.74) is 7.56. The maximum atomic E-state index is 12.6. The Morgan fingerprint density at radius 2 is 1.59 bits per heavy atom. The lowest BCUT2D eigenvalue weighted by Gasteiger charge is -2.12. The fraction of sp³-hybridized carbons (Fsp3) is 0.0476. The maximum absolute atomic E-state index is 12.6. The molecule has 6 heteroatoms. The van der Waals surface area contributed by atoms with Crippen LogP contribution in [0.3, 0.4) is 0 Å². The minimum Gasteiger partial charge on any atom is -0.488 e. The largest absolute Gasteiger partial charge is 0.488 e. The second-order valence-electron chi connectivity index (χ2n) is 5.77. The van der Waals surface area contributed by atoms with Gasteiger partial charge in [0.2, 0.25) is 5.91 Å². The second-order valence-corrected chi connectivity index (χ2v) is 6.63. The topological polar surface area (TPSA) is 81.4 Å². The highest BCUT2D eigenvalue weighted by atomic mass is 79.9. The smallest absolute Gasteiger partial charge is 0.259 e. The summed E-state index contributed by atoms with van der Waals surface area (Å²) in [6.45, 7) is 0.332. The van der Waals surface area contributed by atoms with Crippen molar-refractivity contribution in [3.63, 3.8) is 0 Å². The lowest BCUT2D eigenvalue weighted by molar-refractivity contribution is 0.0997. The lowest BCUT2D eigenvalue weighted by Crippen LogP contribution is -2.14. The van der Waals surface area contributed by atoms with Crippen molar-refractivity contribution in [2.75, 3.05) is 5.32 Å². The number of amides is 2. The molecule has 0 bridgehead atoms. The van der Waals surface area contributed by atoms with Crippen molar-refractivity contribution in [3.8, 4) is 5.75 Å². The quantitative estimate of drug-likeness (QED) is 0.615. The summed E-state index contributed by atoms with van der Waals surface area (Å²) in [4.78, 5) is 23.8. The number of hydrogen-bond donors (Lipinski definition) is 2. The summed E-state index contributed by atoms with van der Waals surface area (Å²) in [5, 5.41) is 2.79. The van der Waals surface area contributed by atoms with Gasteiger partial charge in [0.15, 0.2) is 0 Å². The average molecular weight is 425 g/mol. The van der Waals surface area contributed by atoms with Gasteiger partial charge in [0, 0.05) is 21.3 Å². The molecule has 0 heterocycles. The molecule has 136 valence electrons. The van der Waals surface area contributed by atoms with Gasteiger partial charge in [0.1, 0.15) is 12.4 Å². The van der Waals surface area contributed by atoms with E-state index in [0.29, 0.717) is 29.2 Å². The van der Waals surface area contributed by atoms with E-state index in [0.717, 1.165) is 10.0 Å². The first-order valence-corrected chi connectivity index (χ1v) is 9.00. The van der Waals surface area contributed by atoms with Crippen LogP contribution in [0.25, 0.3) is 0 Å². The Balaban J connectivity index is 1.73. The molecule has 0 aliphatic heterocycles. The zero-order chi connectivity index (χ0) is 19.2. The highest BCUT2D eigenvalue weighted by molar-refractivity contribution is 9.10.